The summed E-state index contributed by atoms with van der Waals surface area (Å²) in [6.07, 6.45) is 3.55. The quantitative estimate of drug-likeness (QED) is 0.438. The molecule has 1 atom stereocenters. The molecule has 0 spiro atoms. The Morgan fingerprint density at radius 3 is 2.33 bits per heavy atom. The number of nitrogens with zero attached hydrogens (tertiary/aromatic N) is 1. The highest BCUT2D eigenvalue weighted by Gasteiger charge is 2.37. The normalized spacial score (nSPS) is 18.3. The smallest absolute Gasteiger partial charge is 0.173 e. The van der Waals surface area contributed by atoms with Crippen molar-refractivity contribution in [3.63, 3.8) is 0 Å². The van der Waals surface area contributed by atoms with Gasteiger partial charge in [-0.3, -0.25) is 4.98 Å². The van der Waals surface area contributed by atoms with Gasteiger partial charge in [0.15, 0.2) is 7.14 Å². The topological polar surface area (TPSA) is 30.0 Å². The first kappa shape index (κ1) is 13.7. The van der Waals surface area contributed by atoms with E-state index in [9.17, 15) is 4.57 Å². The van der Waals surface area contributed by atoms with Gasteiger partial charge in [-0.25, -0.2) is 0 Å². The van der Waals surface area contributed by atoms with Crippen molar-refractivity contribution in [2.75, 3.05) is 0 Å². The second kappa shape index (κ2) is 4.90. The van der Waals surface area contributed by atoms with Crippen molar-refractivity contribution in [2.24, 2.45) is 0 Å². The van der Waals surface area contributed by atoms with Gasteiger partial charge in [0.1, 0.15) is 0 Å². The molecule has 0 amide bonds. The van der Waals surface area contributed by atoms with Crippen LogP contribution in [-0.4, -0.2) is 4.98 Å². The average Bonchev–Trinajstić information content (AvgIpc) is 2.66. The van der Waals surface area contributed by atoms with E-state index < -0.39 is 7.14 Å². The first-order chi connectivity index (χ1) is 11.8. The maximum absolute atomic E-state index is 14.4. The van der Waals surface area contributed by atoms with E-state index in [2.05, 4.69) is 29.2 Å². The van der Waals surface area contributed by atoms with Crippen LogP contribution in [0.1, 0.15) is 0 Å². The Labute approximate surface area is 140 Å². The van der Waals surface area contributed by atoms with Crippen LogP contribution >= 0.6 is 7.14 Å². The lowest BCUT2D eigenvalue weighted by Crippen LogP contribution is -2.30. The van der Waals surface area contributed by atoms with Crippen molar-refractivity contribution < 1.29 is 4.57 Å². The summed E-state index contributed by atoms with van der Waals surface area (Å²) in [7, 11) is -2.93. The molecule has 1 aliphatic heterocycles. The van der Waals surface area contributed by atoms with E-state index in [4.69, 9.17) is 0 Å². The van der Waals surface area contributed by atoms with Gasteiger partial charge in [0.2, 0.25) is 0 Å². The number of rotatable bonds is 1. The van der Waals surface area contributed by atoms with Crippen molar-refractivity contribution in [1.29, 1.82) is 0 Å². The van der Waals surface area contributed by atoms with E-state index in [0.29, 0.717) is 0 Å². The Balaban J connectivity index is 2.03. The summed E-state index contributed by atoms with van der Waals surface area (Å²) >= 11 is 0. The lowest BCUT2D eigenvalue weighted by atomic mass is 9.98. The maximum Gasteiger partial charge on any atom is 0.173 e. The van der Waals surface area contributed by atoms with Gasteiger partial charge in [-0.05, 0) is 22.6 Å². The third-order valence-electron chi connectivity index (χ3n) is 4.77. The molecule has 3 aromatic carbocycles. The highest BCUT2D eigenvalue weighted by atomic mass is 31.2. The molecular weight excluding hydrogens is 313 g/mol. The summed E-state index contributed by atoms with van der Waals surface area (Å²) in [5, 5.41) is 4.85. The minimum Gasteiger partial charge on any atom is -0.309 e. The van der Waals surface area contributed by atoms with Crippen LogP contribution in [0, 0.1) is 0 Å². The van der Waals surface area contributed by atoms with Gasteiger partial charge < -0.3 is 4.57 Å². The predicted molar refractivity (Wildman–Crippen MR) is 100 cm³/mol. The highest BCUT2D eigenvalue weighted by molar-refractivity contribution is 7.86. The first-order valence-electron chi connectivity index (χ1n) is 7.93. The third kappa shape index (κ3) is 1.67. The van der Waals surface area contributed by atoms with Crippen LogP contribution < -0.4 is 15.9 Å². The van der Waals surface area contributed by atoms with Crippen LogP contribution in [0.15, 0.2) is 85.2 Å². The van der Waals surface area contributed by atoms with Gasteiger partial charge in [-0.1, -0.05) is 66.7 Å². The molecule has 24 heavy (non-hydrogen) atoms. The largest absolute Gasteiger partial charge is 0.309 e. The zero-order chi connectivity index (χ0) is 16.1. The number of aromatic nitrogens is 1. The van der Waals surface area contributed by atoms with Gasteiger partial charge in [-0.15, -0.1) is 0 Å². The Morgan fingerprint density at radius 1 is 0.708 bits per heavy atom. The molecule has 1 unspecified atom stereocenters. The van der Waals surface area contributed by atoms with Gasteiger partial charge in [0, 0.05) is 33.7 Å². The fourth-order valence-electron chi connectivity index (χ4n) is 3.72. The van der Waals surface area contributed by atoms with Gasteiger partial charge in [0.05, 0.1) is 0 Å². The van der Waals surface area contributed by atoms with Crippen molar-refractivity contribution in [3.8, 4) is 11.1 Å². The van der Waals surface area contributed by atoms with Crippen LogP contribution in [0.3, 0.4) is 0 Å². The summed E-state index contributed by atoms with van der Waals surface area (Å²) < 4.78 is 14.4. The van der Waals surface area contributed by atoms with Gasteiger partial charge in [0.25, 0.3) is 0 Å². The first-order valence-corrected chi connectivity index (χ1v) is 9.64. The lowest BCUT2D eigenvalue weighted by Gasteiger charge is -2.29. The molecule has 114 valence electrons. The second-order valence-corrected chi connectivity index (χ2v) is 8.72. The van der Waals surface area contributed by atoms with Crippen LogP contribution in [0.2, 0.25) is 0 Å². The fourth-order valence-corrected chi connectivity index (χ4v) is 6.75. The lowest BCUT2D eigenvalue weighted by molar-refractivity contribution is 0.592. The van der Waals surface area contributed by atoms with Crippen LogP contribution in [0.5, 0.6) is 0 Å². The summed E-state index contributed by atoms with van der Waals surface area (Å²) in [5.74, 6) is 0. The molecule has 1 aromatic heterocycles. The van der Waals surface area contributed by atoms with Crippen LogP contribution in [-0.2, 0) is 4.57 Å². The van der Waals surface area contributed by atoms with Crippen molar-refractivity contribution in [1.82, 2.24) is 4.98 Å². The van der Waals surface area contributed by atoms with E-state index in [1.165, 1.54) is 0 Å². The second-order valence-electron chi connectivity index (χ2n) is 6.02. The SMILES string of the molecule is O=P1(c2ccccc2)c2cnccc2-c2cccc3cccc1c23. The number of benzene rings is 3. The van der Waals surface area contributed by atoms with E-state index >= 15 is 0 Å². The van der Waals surface area contributed by atoms with E-state index in [-0.39, 0.29) is 0 Å². The zero-order valence-corrected chi connectivity index (χ0v) is 13.8. The molecule has 0 radical (unpaired) electrons. The standard InChI is InChI=1S/C21H14NOP/c23-24(16-8-2-1-3-9-16)19-11-5-7-15-6-4-10-18(21(15)19)17-12-13-22-14-20(17)24/h1-14H. The number of hydrogen-bond acceptors (Lipinski definition) is 2. The summed E-state index contributed by atoms with van der Waals surface area (Å²) in [6, 6.07) is 24.1. The number of fused-ring (bicyclic) bond motifs is 2. The molecule has 0 saturated heterocycles. The predicted octanol–water partition coefficient (Wildman–Crippen LogP) is 3.85. The van der Waals surface area contributed by atoms with Crippen LogP contribution in [0.4, 0.5) is 0 Å². The molecule has 0 saturated carbocycles. The molecule has 4 aromatic rings. The Kier molecular flexibility index (Phi) is 2.80. The molecule has 5 rings (SSSR count). The zero-order valence-electron chi connectivity index (χ0n) is 12.9. The summed E-state index contributed by atoms with van der Waals surface area (Å²) in [4.78, 5) is 4.28. The Morgan fingerprint density at radius 2 is 1.50 bits per heavy atom. The summed E-state index contributed by atoms with van der Waals surface area (Å²) in [5.41, 5.74) is 2.17. The molecule has 2 nitrogen and oxygen atoms in total. The minimum absolute atomic E-state index is 0.836. The number of hydrogen-bond donors (Lipinski definition) is 0. The Hall–Kier alpha value is -2.70. The molecule has 0 bridgehead atoms. The van der Waals surface area contributed by atoms with Crippen molar-refractivity contribution in [3.05, 3.63) is 85.2 Å². The number of pyridine rings is 1. The fraction of sp³-hybridized carbons (Fsp3) is 0. The van der Waals surface area contributed by atoms with Gasteiger partial charge in [-0.2, -0.15) is 0 Å². The van der Waals surface area contributed by atoms with E-state index in [1.54, 1.807) is 12.4 Å². The average molecular weight is 327 g/mol. The molecule has 0 fully saturated rings. The molecule has 0 N–H and O–H groups in total. The van der Waals surface area contributed by atoms with Crippen molar-refractivity contribution in [2.45, 2.75) is 0 Å². The molecular formula is C21H14NOP. The molecule has 1 aliphatic rings. The molecule has 3 heteroatoms. The highest BCUT2D eigenvalue weighted by Crippen LogP contribution is 2.51. The molecule has 2 heterocycles. The van der Waals surface area contributed by atoms with E-state index in [0.717, 1.165) is 37.8 Å². The monoisotopic (exact) mass is 327 g/mol. The maximum atomic E-state index is 14.4. The summed E-state index contributed by atoms with van der Waals surface area (Å²) in [6.45, 7) is 0. The van der Waals surface area contributed by atoms with Crippen LogP contribution in [0.25, 0.3) is 21.9 Å². The van der Waals surface area contributed by atoms with Crippen molar-refractivity contribution >= 4 is 33.8 Å². The minimum atomic E-state index is -2.93. The van der Waals surface area contributed by atoms with E-state index in [1.807, 2.05) is 48.5 Å². The molecule has 0 aliphatic carbocycles. The van der Waals surface area contributed by atoms with Gasteiger partial charge >= 0.3 is 0 Å². The Bertz CT molecular complexity index is 1130. The third-order valence-corrected chi connectivity index (χ3v) is 7.88.